The van der Waals surface area contributed by atoms with E-state index >= 15 is 0 Å². The van der Waals surface area contributed by atoms with E-state index in [1.807, 2.05) is 12.1 Å². The molecule has 4 rings (SSSR count). The van der Waals surface area contributed by atoms with Gasteiger partial charge in [-0.2, -0.15) is 0 Å². The fourth-order valence-corrected chi connectivity index (χ4v) is 3.45. The smallest absolute Gasteiger partial charge is 0.255 e. The largest absolute Gasteiger partial charge is 0.489 e. The van der Waals surface area contributed by atoms with Crippen molar-refractivity contribution in [3.05, 3.63) is 75.9 Å². The van der Waals surface area contributed by atoms with Crippen LogP contribution in [0.2, 0.25) is 5.02 Å². The molecule has 0 aliphatic heterocycles. The number of ether oxygens (including phenoxy) is 1. The lowest BCUT2D eigenvalue weighted by molar-refractivity contribution is 0.124. The lowest BCUT2D eigenvalue weighted by Gasteiger charge is -2.34. The Kier molecular flexibility index (Phi) is 6.37. The normalized spacial score (nSPS) is 21.6. The van der Waals surface area contributed by atoms with Gasteiger partial charge in [-0.25, -0.2) is 4.39 Å². The number of hydrogen-bond acceptors (Lipinski definition) is 3. The quantitative estimate of drug-likeness (QED) is 0.630. The first-order valence-electron chi connectivity index (χ1n) is 9.31. The summed E-state index contributed by atoms with van der Waals surface area (Å²) in [4.78, 5) is 14.4. The van der Waals surface area contributed by atoms with E-state index in [2.05, 4.69) is 11.9 Å². The van der Waals surface area contributed by atoms with Gasteiger partial charge in [0.1, 0.15) is 11.6 Å². The Hall–Kier alpha value is -2.37. The number of nitrogens with one attached hydrogen (secondary N) is 1. The Bertz CT molecular complexity index is 979. The second-order valence-corrected chi connectivity index (χ2v) is 7.85. The van der Waals surface area contributed by atoms with Crippen molar-refractivity contribution in [1.29, 1.82) is 0 Å². The summed E-state index contributed by atoms with van der Waals surface area (Å²) in [6, 6.07) is 13.3. The maximum atomic E-state index is 11.9. The van der Waals surface area contributed by atoms with Crippen LogP contribution >= 0.6 is 11.6 Å². The van der Waals surface area contributed by atoms with E-state index in [1.54, 1.807) is 30.5 Å². The molecule has 4 nitrogen and oxygen atoms in total. The SMILES string of the molecule is CC1(N)CCC(Oc2cc3cc[nH]c(=O)c3cc2Cl)CC1.Fc1ccccc1. The van der Waals surface area contributed by atoms with Gasteiger partial charge in [0.25, 0.3) is 5.56 Å². The molecule has 3 N–H and O–H groups in total. The van der Waals surface area contributed by atoms with Crippen LogP contribution < -0.4 is 16.0 Å². The average Bonchev–Trinajstić information content (AvgIpc) is 2.66. The molecule has 1 aliphatic carbocycles. The fraction of sp³-hybridized carbons (Fsp3) is 0.318. The molecule has 0 amide bonds. The molecule has 3 aromatic rings. The van der Waals surface area contributed by atoms with Gasteiger partial charge in [0, 0.05) is 17.1 Å². The number of aromatic nitrogens is 1. The van der Waals surface area contributed by atoms with E-state index in [0.29, 0.717) is 16.2 Å². The van der Waals surface area contributed by atoms with Gasteiger partial charge in [0.15, 0.2) is 0 Å². The number of hydrogen-bond donors (Lipinski definition) is 2. The monoisotopic (exact) mass is 402 g/mol. The summed E-state index contributed by atoms with van der Waals surface area (Å²) in [5.41, 5.74) is 5.91. The molecule has 1 aromatic heterocycles. The molecule has 6 heteroatoms. The molecule has 0 radical (unpaired) electrons. The summed E-state index contributed by atoms with van der Waals surface area (Å²) >= 11 is 6.25. The minimum absolute atomic E-state index is 0.0830. The number of pyridine rings is 1. The van der Waals surface area contributed by atoms with Gasteiger partial charge in [-0.15, -0.1) is 0 Å². The standard InChI is InChI=1S/C16H19ClN2O2.C6H5F/c1-16(18)5-2-11(3-6-16)21-14-8-10-4-7-19-15(20)12(10)9-13(14)17;7-6-4-2-1-3-5-6/h4,7-9,11H,2-3,5-6,18H2,1H3,(H,19,20);1-5H. The minimum Gasteiger partial charge on any atom is -0.489 e. The number of halogens is 2. The predicted octanol–water partition coefficient (Wildman–Crippen LogP) is 5.05. The Morgan fingerprint density at radius 1 is 1.18 bits per heavy atom. The van der Waals surface area contributed by atoms with Gasteiger partial charge < -0.3 is 15.5 Å². The second-order valence-electron chi connectivity index (χ2n) is 7.44. The zero-order valence-electron chi connectivity index (χ0n) is 15.8. The summed E-state index contributed by atoms with van der Waals surface area (Å²) in [7, 11) is 0. The molecule has 0 bridgehead atoms. The van der Waals surface area contributed by atoms with Crippen molar-refractivity contribution in [1.82, 2.24) is 4.98 Å². The van der Waals surface area contributed by atoms with Gasteiger partial charge in [-0.3, -0.25) is 4.79 Å². The minimum atomic E-state index is -0.178. The first-order valence-corrected chi connectivity index (χ1v) is 9.69. The Balaban J connectivity index is 0.000000271. The molecule has 1 heterocycles. The van der Waals surface area contributed by atoms with E-state index in [0.717, 1.165) is 31.1 Å². The summed E-state index contributed by atoms with van der Waals surface area (Å²) in [5.74, 6) is 0.461. The zero-order valence-corrected chi connectivity index (χ0v) is 16.5. The molecule has 0 unspecified atom stereocenters. The summed E-state index contributed by atoms with van der Waals surface area (Å²) in [6.45, 7) is 2.08. The van der Waals surface area contributed by atoms with Crippen LogP contribution in [0.25, 0.3) is 10.8 Å². The van der Waals surface area contributed by atoms with Crippen LogP contribution in [-0.2, 0) is 0 Å². The highest BCUT2D eigenvalue weighted by Gasteiger charge is 2.28. The van der Waals surface area contributed by atoms with Gasteiger partial charge >= 0.3 is 0 Å². The number of benzene rings is 2. The van der Waals surface area contributed by atoms with E-state index in [1.165, 1.54) is 12.1 Å². The van der Waals surface area contributed by atoms with Crippen LogP contribution in [0.15, 0.2) is 59.5 Å². The highest BCUT2D eigenvalue weighted by Crippen LogP contribution is 2.33. The molecule has 0 spiro atoms. The zero-order chi connectivity index (χ0) is 20.1. The van der Waals surface area contributed by atoms with Crippen molar-refractivity contribution in [3.63, 3.8) is 0 Å². The van der Waals surface area contributed by atoms with Gasteiger partial charge in [0.05, 0.1) is 11.1 Å². The van der Waals surface area contributed by atoms with Crippen LogP contribution in [0.3, 0.4) is 0 Å². The summed E-state index contributed by atoms with van der Waals surface area (Å²) in [5, 5.41) is 1.88. The Labute approximate surface area is 168 Å². The third kappa shape index (κ3) is 5.33. The third-order valence-electron chi connectivity index (χ3n) is 4.93. The molecule has 1 fully saturated rings. The van der Waals surface area contributed by atoms with Crippen molar-refractivity contribution < 1.29 is 9.13 Å². The fourth-order valence-electron chi connectivity index (χ4n) is 3.24. The highest BCUT2D eigenvalue weighted by molar-refractivity contribution is 6.32. The van der Waals surface area contributed by atoms with Crippen molar-refractivity contribution in [2.24, 2.45) is 5.73 Å². The number of fused-ring (bicyclic) bond motifs is 1. The molecular formula is C22H24ClFN2O2. The average molecular weight is 403 g/mol. The van der Waals surface area contributed by atoms with Gasteiger partial charge in [-0.05, 0) is 68.3 Å². The van der Waals surface area contributed by atoms with Crippen LogP contribution in [0, 0.1) is 5.82 Å². The summed E-state index contributed by atoms with van der Waals surface area (Å²) < 4.78 is 17.9. The van der Waals surface area contributed by atoms with Gasteiger partial charge in [-0.1, -0.05) is 29.8 Å². The Morgan fingerprint density at radius 2 is 1.86 bits per heavy atom. The third-order valence-corrected chi connectivity index (χ3v) is 5.22. The van der Waals surface area contributed by atoms with Crippen LogP contribution in [-0.4, -0.2) is 16.6 Å². The van der Waals surface area contributed by atoms with E-state index in [-0.39, 0.29) is 23.0 Å². The van der Waals surface area contributed by atoms with Crippen LogP contribution in [0.4, 0.5) is 4.39 Å². The number of nitrogens with two attached hydrogens (primary N) is 1. The maximum Gasteiger partial charge on any atom is 0.255 e. The molecule has 148 valence electrons. The van der Waals surface area contributed by atoms with Crippen LogP contribution in [0.5, 0.6) is 5.75 Å². The molecule has 28 heavy (non-hydrogen) atoms. The number of H-pyrrole nitrogens is 1. The predicted molar refractivity (Wildman–Crippen MR) is 111 cm³/mol. The highest BCUT2D eigenvalue weighted by atomic mass is 35.5. The molecular weight excluding hydrogens is 379 g/mol. The van der Waals surface area contributed by atoms with Gasteiger partial charge in [0.2, 0.25) is 0 Å². The molecule has 0 atom stereocenters. The van der Waals surface area contributed by atoms with Crippen molar-refractivity contribution >= 4 is 22.4 Å². The lowest BCUT2D eigenvalue weighted by Crippen LogP contribution is -2.42. The first kappa shape index (κ1) is 20.4. The van der Waals surface area contributed by atoms with Crippen molar-refractivity contribution in [2.45, 2.75) is 44.2 Å². The number of rotatable bonds is 2. The Morgan fingerprint density at radius 3 is 2.46 bits per heavy atom. The maximum absolute atomic E-state index is 11.9. The van der Waals surface area contributed by atoms with Crippen LogP contribution in [0.1, 0.15) is 32.6 Å². The molecule has 1 aliphatic rings. The topological polar surface area (TPSA) is 68.1 Å². The number of aromatic amines is 1. The molecule has 1 saturated carbocycles. The van der Waals surface area contributed by atoms with E-state index < -0.39 is 0 Å². The second kappa shape index (κ2) is 8.76. The van der Waals surface area contributed by atoms with Crippen molar-refractivity contribution in [2.75, 3.05) is 0 Å². The summed E-state index contributed by atoms with van der Waals surface area (Å²) in [6.07, 6.45) is 5.51. The first-order chi connectivity index (χ1) is 13.3. The van der Waals surface area contributed by atoms with Crippen molar-refractivity contribution in [3.8, 4) is 5.75 Å². The molecule has 0 saturated heterocycles. The van der Waals surface area contributed by atoms with E-state index in [9.17, 15) is 9.18 Å². The van der Waals surface area contributed by atoms with E-state index in [4.69, 9.17) is 22.1 Å². The molecule has 2 aromatic carbocycles. The lowest BCUT2D eigenvalue weighted by atomic mass is 9.83.